The number of Topliss-reactive ketones (excluding diaryl/α,β-unsaturated/α-hetero) is 1. The minimum Gasteiger partial charge on any atom is -0.461 e. The zero-order chi connectivity index (χ0) is 23.2. The first-order valence-corrected chi connectivity index (χ1v) is 12.6. The van der Waals surface area contributed by atoms with E-state index in [-0.39, 0.29) is 30.0 Å². The molecule has 0 unspecified atom stereocenters. The topological polar surface area (TPSA) is 63.6 Å². The highest BCUT2D eigenvalue weighted by Gasteiger charge is 2.39. The average Bonchev–Trinajstić information content (AvgIpc) is 3.06. The van der Waals surface area contributed by atoms with Crippen LogP contribution in [0.4, 0.5) is 0 Å². The predicted molar refractivity (Wildman–Crippen MR) is 129 cm³/mol. The molecule has 4 heteroatoms. The molecule has 4 nitrogen and oxygen atoms in total. The Bertz CT molecular complexity index is 697. The number of aliphatic hydroxyl groups is 1. The third-order valence-corrected chi connectivity index (χ3v) is 6.55. The number of carbonyl (C=O) groups is 2. The Hall–Kier alpha value is -1.94. The normalized spacial score (nSPS) is 21.8. The van der Waals surface area contributed by atoms with Crippen LogP contribution in [0.2, 0.25) is 0 Å². The number of ether oxygens (including phenoxy) is 1. The van der Waals surface area contributed by atoms with Gasteiger partial charge in [-0.25, -0.2) is 0 Å². The Morgan fingerprint density at radius 3 is 2.62 bits per heavy atom. The highest BCUT2D eigenvalue weighted by atomic mass is 16.5. The summed E-state index contributed by atoms with van der Waals surface area (Å²) in [6.45, 7) is 4.76. The van der Waals surface area contributed by atoms with Crippen LogP contribution >= 0.6 is 0 Å². The number of carbonyl (C=O) groups excluding carboxylic acids is 2. The van der Waals surface area contributed by atoms with Gasteiger partial charge in [0.15, 0.2) is 0 Å². The van der Waals surface area contributed by atoms with Crippen LogP contribution in [-0.2, 0) is 20.9 Å². The maximum atomic E-state index is 12.4. The monoisotopic (exact) mass is 442 g/mol. The minimum atomic E-state index is -0.536. The number of aliphatic hydroxyl groups excluding tert-OH is 1. The largest absolute Gasteiger partial charge is 0.461 e. The van der Waals surface area contributed by atoms with Crippen molar-refractivity contribution >= 4 is 11.8 Å². The predicted octanol–water partition coefficient (Wildman–Crippen LogP) is 6.41. The number of allylic oxidation sites excluding steroid dienone is 1. The van der Waals surface area contributed by atoms with Gasteiger partial charge in [0.25, 0.3) is 0 Å². The van der Waals surface area contributed by atoms with E-state index >= 15 is 0 Å². The minimum absolute atomic E-state index is 0.0379. The van der Waals surface area contributed by atoms with Crippen molar-refractivity contribution in [2.75, 3.05) is 0 Å². The van der Waals surface area contributed by atoms with Crippen molar-refractivity contribution in [3.63, 3.8) is 0 Å². The second-order valence-electron chi connectivity index (χ2n) is 9.38. The number of benzene rings is 1. The summed E-state index contributed by atoms with van der Waals surface area (Å²) in [5.41, 5.74) is 1.00. The SMILES string of the molecule is CCCCC[C@H](C)/C=C/[C@H]1[C@H](O)CC(=O)[C@@H]1CCCCCCC(=O)OCc1ccccc1. The van der Waals surface area contributed by atoms with Crippen LogP contribution in [0.15, 0.2) is 42.5 Å². The molecule has 1 aromatic carbocycles. The second-order valence-corrected chi connectivity index (χ2v) is 9.38. The van der Waals surface area contributed by atoms with Gasteiger partial charge in [-0.2, -0.15) is 0 Å². The number of hydrogen-bond donors (Lipinski definition) is 1. The van der Waals surface area contributed by atoms with E-state index in [1.54, 1.807) is 0 Å². The molecule has 0 radical (unpaired) electrons. The van der Waals surface area contributed by atoms with Crippen molar-refractivity contribution in [2.24, 2.45) is 17.8 Å². The van der Waals surface area contributed by atoms with Crippen LogP contribution in [0.25, 0.3) is 0 Å². The van der Waals surface area contributed by atoms with Gasteiger partial charge in [0.1, 0.15) is 12.4 Å². The van der Waals surface area contributed by atoms with E-state index in [0.29, 0.717) is 18.9 Å². The fraction of sp³-hybridized carbons (Fsp3) is 0.643. The Labute approximate surface area is 194 Å². The molecule has 4 atom stereocenters. The third kappa shape index (κ3) is 9.68. The first-order valence-electron chi connectivity index (χ1n) is 12.6. The van der Waals surface area contributed by atoms with Crippen molar-refractivity contribution in [1.82, 2.24) is 0 Å². The molecule has 1 aromatic rings. The molecule has 0 heterocycles. The lowest BCUT2D eigenvalue weighted by molar-refractivity contribution is -0.145. The van der Waals surface area contributed by atoms with E-state index in [4.69, 9.17) is 4.74 Å². The van der Waals surface area contributed by atoms with Crippen LogP contribution in [0.3, 0.4) is 0 Å². The van der Waals surface area contributed by atoms with E-state index in [1.165, 1.54) is 25.7 Å². The van der Waals surface area contributed by atoms with Crippen molar-refractivity contribution in [3.8, 4) is 0 Å². The Kier molecular flexibility index (Phi) is 12.3. The van der Waals surface area contributed by atoms with Crippen molar-refractivity contribution in [2.45, 2.75) is 97.2 Å². The molecule has 0 aromatic heterocycles. The van der Waals surface area contributed by atoms with Crippen molar-refractivity contribution in [3.05, 3.63) is 48.0 Å². The summed E-state index contributed by atoms with van der Waals surface area (Å²) in [5.74, 6) is 0.451. The van der Waals surface area contributed by atoms with E-state index in [1.807, 2.05) is 30.3 Å². The highest BCUT2D eigenvalue weighted by Crippen LogP contribution is 2.34. The van der Waals surface area contributed by atoms with Crippen molar-refractivity contribution < 1.29 is 19.4 Å². The summed E-state index contributed by atoms with van der Waals surface area (Å²) in [6.07, 6.45) is 13.9. The smallest absolute Gasteiger partial charge is 0.306 e. The molecule has 0 amide bonds. The standard InChI is InChI=1S/C28H42O4/c1-3-4-8-13-22(2)18-19-25-24(26(29)20-27(25)30)16-11-5-6-12-17-28(31)32-21-23-14-9-7-10-15-23/h7,9-10,14-15,18-19,22,24-25,27,30H,3-6,8,11-13,16-17,20-21H2,1-2H3/b19-18+/t22-,24+,25+,27+/m0/s1. The number of hydrogen-bond acceptors (Lipinski definition) is 4. The van der Waals surface area contributed by atoms with E-state index in [9.17, 15) is 14.7 Å². The van der Waals surface area contributed by atoms with Crippen LogP contribution in [0, 0.1) is 17.8 Å². The maximum absolute atomic E-state index is 12.4. The van der Waals surface area contributed by atoms with E-state index < -0.39 is 6.10 Å². The zero-order valence-corrected chi connectivity index (χ0v) is 20.0. The maximum Gasteiger partial charge on any atom is 0.306 e. The van der Waals surface area contributed by atoms with Crippen LogP contribution in [0.5, 0.6) is 0 Å². The Morgan fingerprint density at radius 2 is 1.88 bits per heavy atom. The Morgan fingerprint density at radius 1 is 1.12 bits per heavy atom. The molecule has 1 N–H and O–H groups in total. The molecule has 32 heavy (non-hydrogen) atoms. The van der Waals surface area contributed by atoms with Gasteiger partial charge in [-0.15, -0.1) is 0 Å². The Balaban J connectivity index is 1.62. The molecule has 1 aliphatic rings. The third-order valence-electron chi connectivity index (χ3n) is 6.55. The molecule has 1 saturated carbocycles. The van der Waals surface area contributed by atoms with Gasteiger partial charge in [0, 0.05) is 24.7 Å². The average molecular weight is 443 g/mol. The quantitative estimate of drug-likeness (QED) is 0.194. The molecular formula is C28H42O4. The van der Waals surface area contributed by atoms with Gasteiger partial charge in [0.2, 0.25) is 0 Å². The van der Waals surface area contributed by atoms with Gasteiger partial charge >= 0.3 is 5.97 Å². The number of ketones is 1. The fourth-order valence-corrected chi connectivity index (χ4v) is 4.52. The molecule has 0 saturated heterocycles. The molecule has 178 valence electrons. The van der Waals surface area contributed by atoms with Crippen LogP contribution < -0.4 is 0 Å². The summed E-state index contributed by atoms with van der Waals surface area (Å²) < 4.78 is 5.31. The lowest BCUT2D eigenvalue weighted by atomic mass is 9.87. The molecule has 1 aliphatic carbocycles. The molecule has 0 aliphatic heterocycles. The second kappa shape index (κ2) is 15.0. The van der Waals surface area contributed by atoms with E-state index in [0.717, 1.165) is 37.7 Å². The number of esters is 1. The summed E-state index contributed by atoms with van der Waals surface area (Å²) >= 11 is 0. The van der Waals surface area contributed by atoms with Gasteiger partial charge in [-0.1, -0.05) is 94.9 Å². The number of unbranched alkanes of at least 4 members (excludes halogenated alkanes) is 5. The summed E-state index contributed by atoms with van der Waals surface area (Å²) in [5, 5.41) is 10.4. The van der Waals surface area contributed by atoms with E-state index in [2.05, 4.69) is 26.0 Å². The highest BCUT2D eigenvalue weighted by molar-refractivity contribution is 5.84. The molecule has 1 fully saturated rings. The molecule has 0 bridgehead atoms. The first kappa shape index (κ1) is 26.3. The molecule has 0 spiro atoms. The van der Waals surface area contributed by atoms with Gasteiger partial charge in [0.05, 0.1) is 6.10 Å². The molecule has 2 rings (SSSR count). The first-order chi connectivity index (χ1) is 15.5. The van der Waals surface area contributed by atoms with Gasteiger partial charge in [-0.3, -0.25) is 9.59 Å². The zero-order valence-electron chi connectivity index (χ0n) is 20.0. The van der Waals surface area contributed by atoms with Gasteiger partial charge in [-0.05, 0) is 30.7 Å². The van der Waals surface area contributed by atoms with Crippen LogP contribution in [0.1, 0.15) is 90.0 Å². The lowest BCUT2D eigenvalue weighted by Crippen LogP contribution is -2.18. The molecular weight excluding hydrogens is 400 g/mol. The van der Waals surface area contributed by atoms with Crippen LogP contribution in [-0.4, -0.2) is 23.0 Å². The lowest BCUT2D eigenvalue weighted by Gasteiger charge is -2.18. The summed E-state index contributed by atoms with van der Waals surface area (Å²) in [6, 6.07) is 9.71. The van der Waals surface area contributed by atoms with Gasteiger partial charge < -0.3 is 9.84 Å². The summed E-state index contributed by atoms with van der Waals surface area (Å²) in [4.78, 5) is 24.3. The van der Waals surface area contributed by atoms with Crippen molar-refractivity contribution in [1.29, 1.82) is 0 Å². The number of rotatable bonds is 15. The fourth-order valence-electron chi connectivity index (χ4n) is 4.52. The summed E-state index contributed by atoms with van der Waals surface area (Å²) in [7, 11) is 0.